The molecule has 2 rings (SSSR count). The van der Waals surface area contributed by atoms with Crippen molar-refractivity contribution in [1.82, 2.24) is 9.21 Å². The Morgan fingerprint density at radius 1 is 1.24 bits per heavy atom. The van der Waals surface area contributed by atoms with E-state index in [1.807, 2.05) is 4.90 Å². The second kappa shape index (κ2) is 7.02. The predicted molar refractivity (Wildman–Crippen MR) is 78.3 cm³/mol. The smallest absolute Gasteiger partial charge is 0.244 e. The summed E-state index contributed by atoms with van der Waals surface area (Å²) in [7, 11) is -3.80. The molecule has 5 nitrogen and oxygen atoms in total. The molecule has 0 unspecified atom stereocenters. The Labute approximate surface area is 129 Å². The van der Waals surface area contributed by atoms with Crippen LogP contribution in [-0.4, -0.2) is 62.1 Å². The van der Waals surface area contributed by atoms with Crippen molar-refractivity contribution in [2.45, 2.75) is 11.3 Å². The van der Waals surface area contributed by atoms with Crippen LogP contribution in [0.15, 0.2) is 23.1 Å². The molecule has 0 aliphatic carbocycles. The molecule has 1 N–H and O–H groups in total. The normalized spacial score (nSPS) is 18.6. The highest BCUT2D eigenvalue weighted by atomic mass is 35.5. The number of hydrogen-bond donors (Lipinski definition) is 1. The Morgan fingerprint density at radius 3 is 2.71 bits per heavy atom. The van der Waals surface area contributed by atoms with Crippen LogP contribution in [0.3, 0.4) is 0 Å². The number of nitrogens with zero attached hydrogens (tertiary/aromatic N) is 2. The lowest BCUT2D eigenvalue weighted by molar-refractivity contribution is 0.202. The molecule has 0 atom stereocenters. The second-order valence-corrected chi connectivity index (χ2v) is 7.21. The molecule has 0 amide bonds. The molecule has 1 fully saturated rings. The molecule has 0 aromatic heterocycles. The highest BCUT2D eigenvalue weighted by Crippen LogP contribution is 2.26. The standard InChI is InChI=1S/C13H18ClFN2O3S/c14-12-3-2-11(15)10-13(12)21(19,20)17-5-1-4-16(6-7-17)8-9-18/h2-3,10,18H,1,4-9H2. The van der Waals surface area contributed by atoms with Crippen LogP contribution in [0.5, 0.6) is 0 Å². The monoisotopic (exact) mass is 336 g/mol. The van der Waals surface area contributed by atoms with Gasteiger partial charge in [-0.3, -0.25) is 4.90 Å². The maximum Gasteiger partial charge on any atom is 0.244 e. The minimum Gasteiger partial charge on any atom is -0.395 e. The number of aliphatic hydroxyl groups excluding tert-OH is 1. The number of sulfonamides is 1. The lowest BCUT2D eigenvalue weighted by Gasteiger charge is -2.21. The second-order valence-electron chi connectivity index (χ2n) is 4.90. The molecule has 1 aliphatic rings. The van der Waals surface area contributed by atoms with Crippen LogP contribution in [0.2, 0.25) is 5.02 Å². The van der Waals surface area contributed by atoms with E-state index in [9.17, 15) is 12.8 Å². The van der Waals surface area contributed by atoms with E-state index >= 15 is 0 Å². The molecule has 0 bridgehead atoms. The van der Waals surface area contributed by atoms with E-state index in [1.165, 1.54) is 10.4 Å². The Bertz CT molecular complexity index is 597. The molecule has 1 heterocycles. The molecule has 1 aromatic rings. The number of β-amino-alcohol motifs (C(OH)–C–C–N with tert-alkyl or cyclic N) is 1. The Kier molecular flexibility index (Phi) is 5.56. The summed E-state index contributed by atoms with van der Waals surface area (Å²) < 4.78 is 39.8. The van der Waals surface area contributed by atoms with Gasteiger partial charge in [0.1, 0.15) is 10.7 Å². The first-order valence-electron chi connectivity index (χ1n) is 6.73. The van der Waals surface area contributed by atoms with E-state index in [4.69, 9.17) is 16.7 Å². The van der Waals surface area contributed by atoms with Crippen molar-refractivity contribution in [3.63, 3.8) is 0 Å². The van der Waals surface area contributed by atoms with E-state index < -0.39 is 15.8 Å². The fraction of sp³-hybridized carbons (Fsp3) is 0.538. The third-order valence-electron chi connectivity index (χ3n) is 3.47. The zero-order valence-corrected chi connectivity index (χ0v) is 13.1. The molecule has 118 valence electrons. The Morgan fingerprint density at radius 2 is 2.00 bits per heavy atom. The van der Waals surface area contributed by atoms with Gasteiger partial charge in [-0.1, -0.05) is 11.6 Å². The molecular weight excluding hydrogens is 319 g/mol. The highest BCUT2D eigenvalue weighted by molar-refractivity contribution is 7.89. The number of benzene rings is 1. The van der Waals surface area contributed by atoms with E-state index in [-0.39, 0.29) is 16.5 Å². The summed E-state index contributed by atoms with van der Waals surface area (Å²) in [6.07, 6.45) is 0.659. The summed E-state index contributed by atoms with van der Waals surface area (Å²) in [5.74, 6) is -0.630. The van der Waals surface area contributed by atoms with Crippen molar-refractivity contribution in [2.75, 3.05) is 39.3 Å². The SMILES string of the molecule is O=S(=O)(c1cc(F)ccc1Cl)N1CCCN(CCO)CC1. The molecule has 0 saturated carbocycles. The van der Waals surface area contributed by atoms with E-state index in [2.05, 4.69) is 0 Å². The number of rotatable bonds is 4. The van der Waals surface area contributed by atoms with Gasteiger partial charge >= 0.3 is 0 Å². The van der Waals surface area contributed by atoms with Gasteiger partial charge in [0.25, 0.3) is 0 Å². The highest BCUT2D eigenvalue weighted by Gasteiger charge is 2.28. The first-order chi connectivity index (χ1) is 9.95. The average molecular weight is 337 g/mol. The zero-order chi connectivity index (χ0) is 15.5. The van der Waals surface area contributed by atoms with Gasteiger partial charge in [-0.05, 0) is 31.2 Å². The van der Waals surface area contributed by atoms with Gasteiger partial charge in [-0.25, -0.2) is 12.8 Å². The van der Waals surface area contributed by atoms with Gasteiger partial charge in [0.15, 0.2) is 0 Å². The van der Waals surface area contributed by atoms with Crippen molar-refractivity contribution in [1.29, 1.82) is 0 Å². The molecular formula is C13H18ClFN2O3S. The van der Waals surface area contributed by atoms with E-state index in [0.717, 1.165) is 18.7 Å². The summed E-state index contributed by atoms with van der Waals surface area (Å²) in [5.41, 5.74) is 0. The topological polar surface area (TPSA) is 60.9 Å². The first kappa shape index (κ1) is 16.6. The van der Waals surface area contributed by atoms with Crippen LogP contribution in [0.4, 0.5) is 4.39 Å². The maximum atomic E-state index is 13.3. The first-order valence-corrected chi connectivity index (χ1v) is 8.55. The lowest BCUT2D eigenvalue weighted by atomic mass is 10.3. The summed E-state index contributed by atoms with van der Waals surface area (Å²) in [6, 6.07) is 3.33. The zero-order valence-electron chi connectivity index (χ0n) is 11.5. The van der Waals surface area contributed by atoms with Crippen LogP contribution < -0.4 is 0 Å². The summed E-state index contributed by atoms with van der Waals surface area (Å²) >= 11 is 5.90. The predicted octanol–water partition coefficient (Wildman–Crippen LogP) is 1.17. The molecule has 0 radical (unpaired) electrons. The minimum atomic E-state index is -3.80. The van der Waals surface area contributed by atoms with Crippen molar-refractivity contribution in [2.24, 2.45) is 0 Å². The van der Waals surface area contributed by atoms with Crippen molar-refractivity contribution >= 4 is 21.6 Å². The molecule has 0 spiro atoms. The molecule has 21 heavy (non-hydrogen) atoms. The van der Waals surface area contributed by atoms with Crippen molar-refractivity contribution < 1.29 is 17.9 Å². The third kappa shape index (κ3) is 3.92. The average Bonchev–Trinajstić information content (AvgIpc) is 2.68. The Balaban J connectivity index is 2.21. The van der Waals surface area contributed by atoms with Crippen LogP contribution in [0, 0.1) is 5.82 Å². The lowest BCUT2D eigenvalue weighted by Crippen LogP contribution is -2.36. The summed E-state index contributed by atoms with van der Waals surface area (Å²) in [5, 5.41) is 8.97. The van der Waals surface area contributed by atoms with Gasteiger partial charge in [0, 0.05) is 26.2 Å². The van der Waals surface area contributed by atoms with Crippen LogP contribution in [0.25, 0.3) is 0 Å². The van der Waals surface area contributed by atoms with Gasteiger partial charge < -0.3 is 5.11 Å². The molecule has 1 saturated heterocycles. The van der Waals surface area contributed by atoms with Crippen LogP contribution in [0.1, 0.15) is 6.42 Å². The van der Waals surface area contributed by atoms with Crippen molar-refractivity contribution in [3.8, 4) is 0 Å². The molecule has 1 aromatic carbocycles. The van der Waals surface area contributed by atoms with Gasteiger partial charge in [0.05, 0.1) is 11.6 Å². The minimum absolute atomic E-state index is 0.0212. The summed E-state index contributed by atoms with van der Waals surface area (Å²) in [6.45, 7) is 2.49. The van der Waals surface area contributed by atoms with E-state index in [0.29, 0.717) is 32.6 Å². The Hall–Kier alpha value is -0.730. The largest absolute Gasteiger partial charge is 0.395 e. The van der Waals surface area contributed by atoms with Gasteiger partial charge in [0.2, 0.25) is 10.0 Å². The van der Waals surface area contributed by atoms with Crippen LogP contribution >= 0.6 is 11.6 Å². The number of aliphatic hydroxyl groups is 1. The number of halogens is 2. The molecule has 1 aliphatic heterocycles. The van der Waals surface area contributed by atoms with E-state index in [1.54, 1.807) is 0 Å². The van der Waals surface area contributed by atoms with Crippen LogP contribution in [-0.2, 0) is 10.0 Å². The number of hydrogen-bond acceptors (Lipinski definition) is 4. The van der Waals surface area contributed by atoms with Gasteiger partial charge in [-0.15, -0.1) is 0 Å². The van der Waals surface area contributed by atoms with Gasteiger partial charge in [-0.2, -0.15) is 4.31 Å². The van der Waals surface area contributed by atoms with Crippen molar-refractivity contribution in [3.05, 3.63) is 29.0 Å². The maximum absolute atomic E-state index is 13.3. The third-order valence-corrected chi connectivity index (χ3v) is 5.85. The molecule has 8 heteroatoms. The fourth-order valence-electron chi connectivity index (χ4n) is 2.37. The fourth-order valence-corrected chi connectivity index (χ4v) is 4.32. The quantitative estimate of drug-likeness (QED) is 0.896. The summed E-state index contributed by atoms with van der Waals surface area (Å²) in [4.78, 5) is 1.81.